The van der Waals surface area contributed by atoms with Crippen molar-refractivity contribution in [1.29, 1.82) is 0 Å². The van der Waals surface area contributed by atoms with Crippen molar-refractivity contribution in [2.75, 3.05) is 13.2 Å². The van der Waals surface area contributed by atoms with Crippen LogP contribution < -0.4 is 5.32 Å². The molecule has 2 atom stereocenters. The van der Waals surface area contributed by atoms with Gasteiger partial charge in [-0.25, -0.2) is 0 Å². The summed E-state index contributed by atoms with van der Waals surface area (Å²) in [7, 11) is 0. The quantitative estimate of drug-likeness (QED) is 0.556. The van der Waals surface area contributed by atoms with Crippen molar-refractivity contribution in [3.05, 3.63) is 0 Å². The first-order valence-corrected chi connectivity index (χ1v) is 4.13. The fraction of sp³-hybridized carbons (Fsp3) is 1.00. The summed E-state index contributed by atoms with van der Waals surface area (Å²) in [6, 6.07) is 1.08. The summed E-state index contributed by atoms with van der Waals surface area (Å²) in [6.07, 6.45) is 0. The van der Waals surface area contributed by atoms with E-state index in [1.165, 1.54) is 0 Å². The van der Waals surface area contributed by atoms with Gasteiger partial charge in [-0.1, -0.05) is 13.8 Å². The molecule has 0 spiro atoms. The molecule has 2 heteroatoms. The Morgan fingerprint density at radius 2 is 1.50 bits per heavy atom. The van der Waals surface area contributed by atoms with Crippen LogP contribution in [-0.4, -0.2) is 25.3 Å². The van der Waals surface area contributed by atoms with E-state index in [9.17, 15) is 0 Å². The van der Waals surface area contributed by atoms with E-state index >= 15 is 0 Å². The van der Waals surface area contributed by atoms with Crippen LogP contribution in [0, 0.1) is 0 Å². The molecule has 10 heavy (non-hydrogen) atoms. The first-order valence-electron chi connectivity index (χ1n) is 4.13. The first kappa shape index (κ1) is 9.92. The molecule has 1 aliphatic heterocycles. The normalized spacial score (nSPS) is 32.4. The van der Waals surface area contributed by atoms with E-state index in [4.69, 9.17) is 4.74 Å². The lowest BCUT2D eigenvalue weighted by Gasteiger charge is -2.25. The van der Waals surface area contributed by atoms with Crippen LogP contribution in [0.3, 0.4) is 0 Å². The minimum atomic E-state index is 0.541. The van der Waals surface area contributed by atoms with Crippen LogP contribution in [0.25, 0.3) is 0 Å². The molecule has 1 rings (SSSR count). The van der Waals surface area contributed by atoms with Gasteiger partial charge in [0, 0.05) is 12.1 Å². The smallest absolute Gasteiger partial charge is 0.0617 e. The summed E-state index contributed by atoms with van der Waals surface area (Å²) < 4.78 is 5.23. The maximum atomic E-state index is 5.23. The molecule has 1 N–H and O–H groups in total. The third-order valence-electron chi connectivity index (χ3n) is 1.30. The molecule has 0 saturated carbocycles. The Morgan fingerprint density at radius 1 is 1.10 bits per heavy atom. The standard InChI is InChI=1S/C6H13NO.C2H6/c1-5-3-8-4-6(2)7-5;1-2/h5-7H,3-4H2,1-2H3;1-2H3/t5-,6?;/m1./s1. The molecular formula is C8H19NO. The molecule has 1 unspecified atom stereocenters. The number of nitrogens with one attached hydrogen (secondary N) is 1. The van der Waals surface area contributed by atoms with Gasteiger partial charge in [0.25, 0.3) is 0 Å². The van der Waals surface area contributed by atoms with Gasteiger partial charge in [0.15, 0.2) is 0 Å². The lowest BCUT2D eigenvalue weighted by molar-refractivity contribution is 0.0560. The van der Waals surface area contributed by atoms with E-state index in [0.717, 1.165) is 13.2 Å². The number of morpholine rings is 1. The van der Waals surface area contributed by atoms with Crippen LogP contribution in [0.5, 0.6) is 0 Å². The van der Waals surface area contributed by atoms with Crippen molar-refractivity contribution in [3.8, 4) is 0 Å². The summed E-state index contributed by atoms with van der Waals surface area (Å²) in [4.78, 5) is 0. The van der Waals surface area contributed by atoms with Crippen molar-refractivity contribution >= 4 is 0 Å². The molecule has 0 aromatic carbocycles. The highest BCUT2D eigenvalue weighted by Crippen LogP contribution is 1.96. The van der Waals surface area contributed by atoms with Crippen LogP contribution in [0.4, 0.5) is 0 Å². The molecule has 0 bridgehead atoms. The maximum absolute atomic E-state index is 5.23. The Labute approximate surface area is 64.0 Å². The summed E-state index contributed by atoms with van der Waals surface area (Å²) in [5.41, 5.74) is 0. The van der Waals surface area contributed by atoms with Gasteiger partial charge in [-0.15, -0.1) is 0 Å². The van der Waals surface area contributed by atoms with Gasteiger partial charge in [-0.3, -0.25) is 0 Å². The third kappa shape index (κ3) is 3.85. The molecule has 1 heterocycles. The average molecular weight is 145 g/mol. The lowest BCUT2D eigenvalue weighted by atomic mass is 10.2. The van der Waals surface area contributed by atoms with Crippen molar-refractivity contribution in [2.24, 2.45) is 0 Å². The van der Waals surface area contributed by atoms with Crippen molar-refractivity contribution in [3.63, 3.8) is 0 Å². The Hall–Kier alpha value is -0.0800. The van der Waals surface area contributed by atoms with E-state index in [1.54, 1.807) is 0 Å². The van der Waals surface area contributed by atoms with Gasteiger partial charge >= 0.3 is 0 Å². The molecule has 62 valence electrons. The Bertz CT molecular complexity index is 67.7. The largest absolute Gasteiger partial charge is 0.378 e. The summed E-state index contributed by atoms with van der Waals surface area (Å²) in [5, 5.41) is 3.35. The van der Waals surface area contributed by atoms with Crippen LogP contribution >= 0.6 is 0 Å². The van der Waals surface area contributed by atoms with Gasteiger partial charge in [-0.05, 0) is 13.8 Å². The predicted octanol–water partition coefficient (Wildman–Crippen LogP) is 1.41. The minimum absolute atomic E-state index is 0.541. The predicted molar refractivity (Wildman–Crippen MR) is 44.2 cm³/mol. The van der Waals surface area contributed by atoms with Crippen molar-refractivity contribution in [1.82, 2.24) is 5.32 Å². The van der Waals surface area contributed by atoms with E-state index in [2.05, 4.69) is 19.2 Å². The zero-order valence-electron chi connectivity index (χ0n) is 7.48. The van der Waals surface area contributed by atoms with E-state index in [0.29, 0.717) is 12.1 Å². The van der Waals surface area contributed by atoms with Crippen LogP contribution in [0.2, 0.25) is 0 Å². The fourth-order valence-electron chi connectivity index (χ4n) is 1.00. The number of rotatable bonds is 0. The van der Waals surface area contributed by atoms with Crippen molar-refractivity contribution in [2.45, 2.75) is 39.8 Å². The molecular weight excluding hydrogens is 126 g/mol. The Kier molecular flexibility index (Phi) is 5.64. The van der Waals surface area contributed by atoms with Gasteiger partial charge in [0.1, 0.15) is 0 Å². The zero-order valence-corrected chi connectivity index (χ0v) is 7.48. The van der Waals surface area contributed by atoms with E-state index in [1.807, 2.05) is 13.8 Å². The molecule has 0 radical (unpaired) electrons. The minimum Gasteiger partial charge on any atom is -0.378 e. The van der Waals surface area contributed by atoms with Gasteiger partial charge < -0.3 is 10.1 Å². The molecule has 0 aliphatic carbocycles. The maximum Gasteiger partial charge on any atom is 0.0617 e. The van der Waals surface area contributed by atoms with Crippen LogP contribution in [-0.2, 0) is 4.74 Å². The second kappa shape index (κ2) is 5.69. The SMILES string of the molecule is CC.CC1COC[C@@H](C)N1. The molecule has 0 amide bonds. The summed E-state index contributed by atoms with van der Waals surface area (Å²) in [5.74, 6) is 0. The number of hydrogen-bond acceptors (Lipinski definition) is 2. The first-order chi connectivity index (χ1) is 4.79. The third-order valence-corrected chi connectivity index (χ3v) is 1.30. The second-order valence-electron chi connectivity index (χ2n) is 2.51. The molecule has 1 fully saturated rings. The summed E-state index contributed by atoms with van der Waals surface area (Å²) >= 11 is 0. The van der Waals surface area contributed by atoms with Crippen LogP contribution in [0.1, 0.15) is 27.7 Å². The molecule has 1 aliphatic rings. The molecule has 2 nitrogen and oxygen atoms in total. The molecule has 0 aromatic rings. The van der Waals surface area contributed by atoms with E-state index in [-0.39, 0.29) is 0 Å². The highest BCUT2D eigenvalue weighted by molar-refractivity contribution is 4.70. The van der Waals surface area contributed by atoms with Gasteiger partial charge in [0.05, 0.1) is 13.2 Å². The molecule has 0 aromatic heterocycles. The Morgan fingerprint density at radius 3 is 1.70 bits per heavy atom. The fourth-order valence-corrected chi connectivity index (χ4v) is 1.00. The number of hydrogen-bond donors (Lipinski definition) is 1. The second-order valence-corrected chi connectivity index (χ2v) is 2.51. The van der Waals surface area contributed by atoms with Crippen LogP contribution in [0.15, 0.2) is 0 Å². The average Bonchev–Trinajstić information content (AvgIpc) is 1.91. The molecule has 1 saturated heterocycles. The zero-order chi connectivity index (χ0) is 7.98. The monoisotopic (exact) mass is 145 g/mol. The van der Waals surface area contributed by atoms with Crippen molar-refractivity contribution < 1.29 is 4.74 Å². The van der Waals surface area contributed by atoms with E-state index < -0.39 is 0 Å². The highest BCUT2D eigenvalue weighted by Gasteiger charge is 2.12. The number of ether oxygens (including phenoxy) is 1. The van der Waals surface area contributed by atoms with Gasteiger partial charge in [0.2, 0.25) is 0 Å². The summed E-state index contributed by atoms with van der Waals surface area (Å²) in [6.45, 7) is 10.0. The lowest BCUT2D eigenvalue weighted by Crippen LogP contribution is -2.45. The Balaban J connectivity index is 0.000000371. The topological polar surface area (TPSA) is 21.3 Å². The highest BCUT2D eigenvalue weighted by atomic mass is 16.5. The van der Waals surface area contributed by atoms with Gasteiger partial charge in [-0.2, -0.15) is 0 Å².